The SMILES string of the molecule is CCN(CC)c1ccc(CNS(=O)(=O)c2ccc3c(c2)CC(C)N3C(C)=O)cn1. The van der Waals surface area contributed by atoms with Crippen LogP contribution in [0.1, 0.15) is 38.8 Å². The lowest BCUT2D eigenvalue weighted by molar-refractivity contribution is -0.116. The Morgan fingerprint density at radius 2 is 1.97 bits per heavy atom. The maximum atomic E-state index is 12.7. The summed E-state index contributed by atoms with van der Waals surface area (Å²) >= 11 is 0. The van der Waals surface area contributed by atoms with E-state index >= 15 is 0 Å². The maximum Gasteiger partial charge on any atom is 0.240 e. The molecular weight excluding hydrogens is 388 g/mol. The molecule has 0 bridgehead atoms. The van der Waals surface area contributed by atoms with E-state index in [2.05, 4.69) is 28.5 Å². The summed E-state index contributed by atoms with van der Waals surface area (Å²) in [6, 6.07) is 8.76. The van der Waals surface area contributed by atoms with Gasteiger partial charge in [-0.2, -0.15) is 0 Å². The van der Waals surface area contributed by atoms with Gasteiger partial charge in [-0.3, -0.25) is 4.79 Å². The Labute approximate surface area is 172 Å². The van der Waals surface area contributed by atoms with Crippen LogP contribution in [0.3, 0.4) is 0 Å². The van der Waals surface area contributed by atoms with E-state index in [0.29, 0.717) is 6.42 Å². The quantitative estimate of drug-likeness (QED) is 0.750. The Balaban J connectivity index is 1.72. The monoisotopic (exact) mass is 416 g/mol. The van der Waals surface area contributed by atoms with Gasteiger partial charge in [0.05, 0.1) is 4.90 Å². The molecule has 1 unspecified atom stereocenters. The average molecular weight is 417 g/mol. The van der Waals surface area contributed by atoms with Gasteiger partial charge in [0.15, 0.2) is 0 Å². The first kappa shape index (κ1) is 21.3. The number of hydrogen-bond acceptors (Lipinski definition) is 5. The fourth-order valence-corrected chi connectivity index (χ4v) is 4.84. The van der Waals surface area contributed by atoms with E-state index < -0.39 is 10.0 Å². The molecule has 0 fully saturated rings. The Kier molecular flexibility index (Phi) is 6.24. The van der Waals surface area contributed by atoms with Gasteiger partial charge >= 0.3 is 0 Å². The van der Waals surface area contributed by atoms with Crippen LogP contribution in [0.5, 0.6) is 0 Å². The highest BCUT2D eigenvalue weighted by Gasteiger charge is 2.30. The zero-order valence-electron chi connectivity index (χ0n) is 17.3. The van der Waals surface area contributed by atoms with Gasteiger partial charge in [-0.25, -0.2) is 18.1 Å². The number of hydrogen-bond donors (Lipinski definition) is 1. The van der Waals surface area contributed by atoms with Gasteiger partial charge in [-0.1, -0.05) is 6.07 Å². The summed E-state index contributed by atoms with van der Waals surface area (Å²) < 4.78 is 28.1. The van der Waals surface area contributed by atoms with Gasteiger partial charge in [0.2, 0.25) is 15.9 Å². The van der Waals surface area contributed by atoms with Crippen molar-refractivity contribution in [2.24, 2.45) is 0 Å². The van der Waals surface area contributed by atoms with Crippen LogP contribution in [0.25, 0.3) is 0 Å². The topological polar surface area (TPSA) is 82.6 Å². The average Bonchev–Trinajstić information content (AvgIpc) is 3.03. The molecule has 1 atom stereocenters. The van der Waals surface area contributed by atoms with Crippen molar-refractivity contribution in [2.45, 2.75) is 51.6 Å². The van der Waals surface area contributed by atoms with Gasteiger partial charge in [-0.15, -0.1) is 0 Å². The molecule has 3 rings (SSSR count). The summed E-state index contributed by atoms with van der Waals surface area (Å²) in [6.07, 6.45) is 2.35. The Bertz CT molecular complexity index is 985. The van der Waals surface area contributed by atoms with E-state index in [1.165, 1.54) is 6.92 Å². The summed E-state index contributed by atoms with van der Waals surface area (Å²) in [7, 11) is -3.66. The van der Waals surface area contributed by atoms with Gasteiger partial charge in [-0.05, 0) is 62.6 Å². The molecule has 0 spiro atoms. The molecule has 29 heavy (non-hydrogen) atoms. The normalized spacial score (nSPS) is 16.0. The zero-order valence-corrected chi connectivity index (χ0v) is 18.2. The predicted octanol–water partition coefficient (Wildman–Crippen LogP) is 2.70. The maximum absolute atomic E-state index is 12.7. The molecule has 1 amide bonds. The second-order valence-corrected chi connectivity index (χ2v) is 9.02. The first-order valence-electron chi connectivity index (χ1n) is 9.89. The third kappa shape index (κ3) is 4.43. The highest BCUT2D eigenvalue weighted by Crippen LogP contribution is 2.33. The first-order chi connectivity index (χ1) is 13.8. The van der Waals surface area contributed by atoms with Crippen LogP contribution in [-0.2, 0) is 27.8 Å². The molecule has 0 saturated carbocycles. The van der Waals surface area contributed by atoms with Crippen LogP contribution in [0, 0.1) is 0 Å². The summed E-state index contributed by atoms with van der Waals surface area (Å²) in [5, 5.41) is 0. The van der Waals surface area contributed by atoms with Crippen molar-refractivity contribution >= 4 is 27.4 Å². The molecule has 1 aromatic carbocycles. The van der Waals surface area contributed by atoms with Gasteiger partial charge in [0.1, 0.15) is 5.82 Å². The molecular formula is C21H28N4O3S. The summed E-state index contributed by atoms with van der Waals surface area (Å²) in [5.41, 5.74) is 2.46. The number of nitrogens with one attached hydrogen (secondary N) is 1. The first-order valence-corrected chi connectivity index (χ1v) is 11.4. The van der Waals surface area contributed by atoms with Gasteiger partial charge in [0.25, 0.3) is 0 Å². The summed E-state index contributed by atoms with van der Waals surface area (Å²) in [4.78, 5) is 20.3. The molecule has 1 N–H and O–H groups in total. The largest absolute Gasteiger partial charge is 0.357 e. The molecule has 0 saturated heterocycles. The van der Waals surface area contributed by atoms with Crippen molar-refractivity contribution < 1.29 is 13.2 Å². The van der Waals surface area contributed by atoms with Crippen LogP contribution >= 0.6 is 0 Å². The second kappa shape index (κ2) is 8.51. The van der Waals surface area contributed by atoms with Crippen LogP contribution in [-0.4, -0.2) is 38.4 Å². The van der Waals surface area contributed by atoms with Crippen molar-refractivity contribution in [2.75, 3.05) is 22.9 Å². The number of rotatable bonds is 7. The molecule has 7 nitrogen and oxygen atoms in total. The van der Waals surface area contributed by atoms with E-state index in [9.17, 15) is 13.2 Å². The highest BCUT2D eigenvalue weighted by molar-refractivity contribution is 7.89. The van der Waals surface area contributed by atoms with Crippen LogP contribution in [0.15, 0.2) is 41.4 Å². The minimum atomic E-state index is -3.66. The lowest BCUT2D eigenvalue weighted by atomic mass is 10.1. The fraction of sp³-hybridized carbons (Fsp3) is 0.429. The molecule has 2 heterocycles. The highest BCUT2D eigenvalue weighted by atomic mass is 32.2. The van der Waals surface area contributed by atoms with Crippen LogP contribution in [0.2, 0.25) is 0 Å². The smallest absolute Gasteiger partial charge is 0.240 e. The molecule has 0 radical (unpaired) electrons. The standard InChI is InChI=1S/C21H28N4O3S/c1-5-24(6-2)21-10-7-17(13-22-21)14-23-29(27,28)19-8-9-20-18(12-19)11-15(3)25(20)16(4)26/h7-10,12-13,15,23H,5-6,11,14H2,1-4H3. The van der Waals surface area contributed by atoms with Gasteiger partial charge < -0.3 is 9.80 Å². The van der Waals surface area contributed by atoms with Crippen LogP contribution < -0.4 is 14.5 Å². The molecule has 1 aliphatic rings. The van der Waals surface area contributed by atoms with E-state index in [1.807, 2.05) is 19.1 Å². The van der Waals surface area contributed by atoms with E-state index in [-0.39, 0.29) is 23.4 Å². The number of benzene rings is 1. The van der Waals surface area contributed by atoms with E-state index in [0.717, 1.165) is 35.7 Å². The number of carbonyl (C=O) groups excluding carboxylic acids is 1. The minimum absolute atomic E-state index is 0.0313. The van der Waals surface area contributed by atoms with Crippen molar-refractivity contribution in [3.63, 3.8) is 0 Å². The molecule has 156 valence electrons. The Hall–Kier alpha value is -2.45. The molecule has 2 aromatic rings. The Morgan fingerprint density at radius 3 is 2.55 bits per heavy atom. The summed E-state index contributed by atoms with van der Waals surface area (Å²) in [6.45, 7) is 9.53. The lowest BCUT2D eigenvalue weighted by Crippen LogP contribution is -2.33. The number of fused-ring (bicyclic) bond motifs is 1. The number of anilines is 2. The number of amides is 1. The second-order valence-electron chi connectivity index (χ2n) is 7.25. The molecule has 1 aliphatic heterocycles. The molecule has 8 heteroatoms. The molecule has 1 aromatic heterocycles. The number of sulfonamides is 1. The van der Waals surface area contributed by atoms with Crippen LogP contribution in [0.4, 0.5) is 11.5 Å². The Morgan fingerprint density at radius 1 is 1.24 bits per heavy atom. The zero-order chi connectivity index (χ0) is 21.2. The van der Waals surface area contributed by atoms with Crippen molar-refractivity contribution in [1.29, 1.82) is 0 Å². The van der Waals surface area contributed by atoms with Crippen molar-refractivity contribution in [3.05, 3.63) is 47.7 Å². The van der Waals surface area contributed by atoms with E-state index in [1.54, 1.807) is 29.3 Å². The number of carbonyl (C=O) groups is 1. The third-order valence-corrected chi connectivity index (χ3v) is 6.68. The minimum Gasteiger partial charge on any atom is -0.357 e. The summed E-state index contributed by atoms with van der Waals surface area (Å²) in [5.74, 6) is 0.843. The molecule has 0 aliphatic carbocycles. The van der Waals surface area contributed by atoms with Crippen molar-refractivity contribution in [1.82, 2.24) is 9.71 Å². The van der Waals surface area contributed by atoms with E-state index in [4.69, 9.17) is 0 Å². The third-order valence-electron chi connectivity index (χ3n) is 5.28. The number of aromatic nitrogens is 1. The number of pyridine rings is 1. The fourth-order valence-electron chi connectivity index (χ4n) is 3.77. The predicted molar refractivity (Wildman–Crippen MR) is 115 cm³/mol. The number of nitrogens with zero attached hydrogens (tertiary/aromatic N) is 3. The van der Waals surface area contributed by atoms with Gasteiger partial charge in [0, 0.05) is 44.5 Å². The lowest BCUT2D eigenvalue weighted by Gasteiger charge is -2.20. The van der Waals surface area contributed by atoms with Crippen molar-refractivity contribution in [3.8, 4) is 0 Å².